The minimum Gasteiger partial charge on any atom is -0.477 e. The third kappa shape index (κ3) is 2.72. The molecule has 32 heavy (non-hydrogen) atoms. The van der Waals surface area contributed by atoms with Crippen molar-refractivity contribution in [2.45, 2.75) is 24.7 Å². The number of carboxylic acid groups (broad SMARTS) is 1. The zero-order valence-electron chi connectivity index (χ0n) is 17.2. The smallest absolute Gasteiger partial charge is 0.374 e. The molecule has 1 unspecified atom stereocenters. The van der Waals surface area contributed by atoms with Crippen molar-refractivity contribution in [1.29, 1.82) is 0 Å². The van der Waals surface area contributed by atoms with Gasteiger partial charge in [0.1, 0.15) is 0 Å². The highest BCUT2D eigenvalue weighted by Crippen LogP contribution is 2.51. The van der Waals surface area contributed by atoms with Gasteiger partial charge in [-0.3, -0.25) is 9.36 Å². The fraction of sp³-hybridized carbons (Fsp3) is 0.154. The Labute approximate surface area is 182 Å². The number of hydrogen-bond donors (Lipinski definition) is 1. The third-order valence-electron chi connectivity index (χ3n) is 6.28. The van der Waals surface area contributed by atoms with Crippen LogP contribution in [0.2, 0.25) is 0 Å². The molecule has 1 aliphatic rings. The maximum atomic E-state index is 14.4. The molecule has 2 heterocycles. The van der Waals surface area contributed by atoms with E-state index in [9.17, 15) is 18.4 Å². The third-order valence-corrected chi connectivity index (χ3v) is 6.28. The number of halogens is 2. The van der Waals surface area contributed by atoms with Gasteiger partial charge in [0.25, 0.3) is 0 Å². The highest BCUT2D eigenvalue weighted by Gasteiger charge is 2.53. The molecule has 1 N–H and O–H groups in total. The van der Waals surface area contributed by atoms with Gasteiger partial charge in [-0.15, -0.1) is 0 Å². The molecule has 0 aliphatic carbocycles. The van der Waals surface area contributed by atoms with Crippen molar-refractivity contribution in [3.05, 3.63) is 84.4 Å². The van der Waals surface area contributed by atoms with Crippen LogP contribution < -0.4 is 0 Å². The molecule has 0 spiro atoms. The molecule has 0 fully saturated rings. The molecule has 4 nitrogen and oxygen atoms in total. The maximum Gasteiger partial charge on any atom is 0.374 e. The average molecular weight is 431 g/mol. The van der Waals surface area contributed by atoms with E-state index in [0.717, 1.165) is 16.5 Å². The number of aromatic nitrogens is 1. The van der Waals surface area contributed by atoms with Crippen LogP contribution in [0.1, 0.15) is 23.7 Å². The van der Waals surface area contributed by atoms with Crippen LogP contribution in [0.4, 0.5) is 8.78 Å². The Bertz CT molecular complexity index is 1390. The highest BCUT2D eigenvalue weighted by atomic mass is 19.3. The summed E-state index contributed by atoms with van der Waals surface area (Å²) in [6.45, 7) is 1.41. The summed E-state index contributed by atoms with van der Waals surface area (Å²) in [6.07, 6.45) is -1.13. The summed E-state index contributed by atoms with van der Waals surface area (Å²) in [5.41, 5.74) is 2.30. The Morgan fingerprint density at radius 2 is 1.59 bits per heavy atom. The summed E-state index contributed by atoms with van der Waals surface area (Å²) in [4.78, 5) is 25.1. The minimum atomic E-state index is -4.06. The first-order chi connectivity index (χ1) is 15.3. The van der Waals surface area contributed by atoms with E-state index < -0.39 is 29.6 Å². The molecule has 0 amide bonds. The number of aliphatic carboxylic acids is 1. The summed E-state index contributed by atoms with van der Waals surface area (Å²) >= 11 is 0. The van der Waals surface area contributed by atoms with Crippen molar-refractivity contribution in [3.8, 4) is 22.4 Å². The lowest BCUT2D eigenvalue weighted by Crippen LogP contribution is -2.46. The lowest BCUT2D eigenvalue weighted by atomic mass is 9.71. The zero-order chi connectivity index (χ0) is 22.7. The number of hydrogen-bond acceptors (Lipinski definition) is 2. The molecule has 4 aromatic rings. The minimum absolute atomic E-state index is 0.401. The number of carboxylic acids is 1. The van der Waals surface area contributed by atoms with E-state index in [1.807, 2.05) is 42.5 Å². The van der Waals surface area contributed by atoms with Crippen LogP contribution in [0.15, 0.2) is 78.9 Å². The molecule has 0 radical (unpaired) electrons. The van der Waals surface area contributed by atoms with Crippen LogP contribution in [0, 0.1) is 0 Å². The first-order valence-electron chi connectivity index (χ1n) is 10.2. The normalized spacial score (nSPS) is 17.8. The number of carbonyl (C=O) groups excluding carboxylic acids is 1. The number of nitrogens with zero attached hydrogens (tertiary/aromatic N) is 1. The Morgan fingerprint density at radius 1 is 0.969 bits per heavy atom. The first kappa shape index (κ1) is 20.1. The largest absolute Gasteiger partial charge is 0.477 e. The number of benzene rings is 3. The standard InChI is InChI=1S/C26H19F2NO3/c1-25(15-26(27,28)24(31)32)19-13-7-5-11-17(19)22-21(16-9-3-2-4-10-16)18-12-6-8-14-20(18)29(22)23(25)30/h2-14H,15H2,1H3,(H,31,32). The molecule has 0 saturated heterocycles. The molecular formula is C26H19F2NO3. The van der Waals surface area contributed by atoms with E-state index in [-0.39, 0.29) is 0 Å². The van der Waals surface area contributed by atoms with Crippen molar-refractivity contribution < 1.29 is 23.5 Å². The van der Waals surface area contributed by atoms with Crippen LogP contribution in [0.5, 0.6) is 0 Å². The molecular weight excluding hydrogens is 412 g/mol. The SMILES string of the molecule is CC1(CC(F)(F)C(=O)O)C(=O)n2c(c(-c3ccccc3)c3ccccc32)-c2ccccc21. The van der Waals surface area contributed by atoms with Gasteiger partial charge < -0.3 is 5.11 Å². The number of para-hydroxylation sites is 1. The molecule has 0 bridgehead atoms. The molecule has 1 aliphatic heterocycles. The quantitative estimate of drug-likeness (QED) is 0.431. The second-order valence-electron chi connectivity index (χ2n) is 8.31. The summed E-state index contributed by atoms with van der Waals surface area (Å²) in [7, 11) is 0. The number of alkyl halides is 2. The topological polar surface area (TPSA) is 59.3 Å². The molecule has 1 atom stereocenters. The van der Waals surface area contributed by atoms with Gasteiger partial charge in [-0.2, -0.15) is 8.78 Å². The van der Waals surface area contributed by atoms with E-state index >= 15 is 0 Å². The highest BCUT2D eigenvalue weighted by molar-refractivity contribution is 6.14. The van der Waals surface area contributed by atoms with Gasteiger partial charge in [0.05, 0.1) is 16.6 Å². The van der Waals surface area contributed by atoms with Crippen LogP contribution in [0.25, 0.3) is 33.3 Å². The second kappa shape index (κ2) is 6.85. The summed E-state index contributed by atoms with van der Waals surface area (Å²) in [6, 6.07) is 23.9. The van der Waals surface area contributed by atoms with Crippen molar-refractivity contribution in [3.63, 3.8) is 0 Å². The average Bonchev–Trinajstić information content (AvgIpc) is 3.13. The predicted molar refractivity (Wildman–Crippen MR) is 118 cm³/mol. The van der Waals surface area contributed by atoms with Gasteiger partial charge in [0.2, 0.25) is 5.91 Å². The molecule has 3 aromatic carbocycles. The van der Waals surface area contributed by atoms with Gasteiger partial charge in [0.15, 0.2) is 0 Å². The summed E-state index contributed by atoms with van der Waals surface area (Å²) < 4.78 is 30.4. The van der Waals surface area contributed by atoms with Crippen LogP contribution in [-0.2, 0) is 10.2 Å². The van der Waals surface area contributed by atoms with Crippen LogP contribution >= 0.6 is 0 Å². The summed E-state index contributed by atoms with van der Waals surface area (Å²) in [5, 5.41) is 9.90. The lowest BCUT2D eigenvalue weighted by Gasteiger charge is -2.37. The summed E-state index contributed by atoms with van der Waals surface area (Å²) in [5.74, 6) is -6.86. The fourth-order valence-electron chi connectivity index (χ4n) is 4.83. The van der Waals surface area contributed by atoms with Gasteiger partial charge in [-0.1, -0.05) is 72.8 Å². The zero-order valence-corrected chi connectivity index (χ0v) is 17.2. The predicted octanol–water partition coefficient (Wildman–Crippen LogP) is 6.00. The van der Waals surface area contributed by atoms with Gasteiger partial charge in [-0.05, 0) is 24.1 Å². The van der Waals surface area contributed by atoms with E-state index in [4.69, 9.17) is 5.11 Å². The van der Waals surface area contributed by atoms with Crippen LogP contribution in [0.3, 0.4) is 0 Å². The Kier molecular flexibility index (Phi) is 4.31. The molecule has 5 rings (SSSR count). The number of rotatable bonds is 4. The molecule has 0 saturated carbocycles. The Morgan fingerprint density at radius 3 is 2.31 bits per heavy atom. The maximum absolute atomic E-state index is 14.4. The van der Waals surface area contributed by atoms with Gasteiger partial charge in [-0.25, -0.2) is 4.79 Å². The van der Waals surface area contributed by atoms with Crippen LogP contribution in [-0.4, -0.2) is 27.5 Å². The number of fused-ring (bicyclic) bond motifs is 5. The Balaban J connectivity index is 1.88. The van der Waals surface area contributed by atoms with Crippen molar-refractivity contribution in [1.82, 2.24) is 4.57 Å². The molecule has 1 aromatic heterocycles. The first-order valence-corrected chi connectivity index (χ1v) is 10.2. The van der Waals surface area contributed by atoms with Crippen molar-refractivity contribution in [2.24, 2.45) is 0 Å². The number of carbonyl (C=O) groups is 2. The van der Waals surface area contributed by atoms with E-state index in [0.29, 0.717) is 22.3 Å². The second-order valence-corrected chi connectivity index (χ2v) is 8.31. The monoisotopic (exact) mass is 431 g/mol. The Hall–Kier alpha value is -3.80. The lowest BCUT2D eigenvalue weighted by molar-refractivity contribution is -0.167. The van der Waals surface area contributed by atoms with Crippen molar-refractivity contribution in [2.75, 3.05) is 0 Å². The molecule has 6 heteroatoms. The van der Waals surface area contributed by atoms with Gasteiger partial charge in [0, 0.05) is 22.9 Å². The molecule has 160 valence electrons. The van der Waals surface area contributed by atoms with E-state index in [1.165, 1.54) is 11.5 Å². The van der Waals surface area contributed by atoms with E-state index in [2.05, 4.69) is 0 Å². The van der Waals surface area contributed by atoms with Crippen molar-refractivity contribution >= 4 is 22.8 Å². The fourth-order valence-corrected chi connectivity index (χ4v) is 4.83. The van der Waals surface area contributed by atoms with E-state index in [1.54, 1.807) is 36.4 Å². The van der Waals surface area contributed by atoms with Gasteiger partial charge >= 0.3 is 11.9 Å².